The minimum atomic E-state index is -0.100. The molecule has 128 valence electrons. The van der Waals surface area contributed by atoms with Crippen molar-refractivity contribution in [3.63, 3.8) is 0 Å². The lowest BCUT2D eigenvalue weighted by atomic mass is 10.1. The van der Waals surface area contributed by atoms with Crippen molar-refractivity contribution in [3.8, 4) is 0 Å². The number of hydrogen-bond donors (Lipinski definition) is 0. The Kier molecular flexibility index (Phi) is 11.7. The van der Waals surface area contributed by atoms with Crippen LogP contribution in [-0.2, 0) is 19.1 Å². The van der Waals surface area contributed by atoms with Gasteiger partial charge in [-0.1, -0.05) is 51.4 Å². The molecule has 1 rings (SSSR count). The molecule has 1 saturated heterocycles. The number of cyclic esters (lactones) is 2. The fraction of sp³-hybridized carbons (Fsp3) is 0.889. The van der Waals surface area contributed by atoms with E-state index in [0.29, 0.717) is 26.1 Å². The van der Waals surface area contributed by atoms with Gasteiger partial charge < -0.3 is 9.47 Å². The van der Waals surface area contributed by atoms with Crippen LogP contribution in [0, 0.1) is 0 Å². The van der Waals surface area contributed by atoms with Gasteiger partial charge >= 0.3 is 11.9 Å². The largest absolute Gasteiger partial charge is 0.466 e. The van der Waals surface area contributed by atoms with Gasteiger partial charge in [-0.2, -0.15) is 0 Å². The molecule has 0 N–H and O–H groups in total. The van der Waals surface area contributed by atoms with E-state index in [1.807, 2.05) is 0 Å². The lowest BCUT2D eigenvalue weighted by Gasteiger charge is -2.07. The summed E-state index contributed by atoms with van der Waals surface area (Å²) in [7, 11) is 0. The Bertz CT molecular complexity index is 273. The van der Waals surface area contributed by atoms with Gasteiger partial charge in [-0.15, -0.1) is 0 Å². The van der Waals surface area contributed by atoms with Crippen LogP contribution in [0.4, 0.5) is 0 Å². The molecule has 0 amide bonds. The second-order valence-corrected chi connectivity index (χ2v) is 6.18. The van der Waals surface area contributed by atoms with E-state index in [2.05, 4.69) is 0 Å². The van der Waals surface area contributed by atoms with Gasteiger partial charge in [0.1, 0.15) is 0 Å². The Morgan fingerprint density at radius 3 is 1.18 bits per heavy atom. The first-order valence-corrected chi connectivity index (χ1v) is 9.10. The summed E-state index contributed by atoms with van der Waals surface area (Å²) in [6, 6.07) is 0. The van der Waals surface area contributed by atoms with Crippen LogP contribution in [0.25, 0.3) is 0 Å². The number of carbonyl (C=O) groups is 2. The van der Waals surface area contributed by atoms with Crippen LogP contribution in [0.3, 0.4) is 0 Å². The van der Waals surface area contributed by atoms with E-state index >= 15 is 0 Å². The molecule has 1 heterocycles. The summed E-state index contributed by atoms with van der Waals surface area (Å²) in [5.41, 5.74) is 0. The fourth-order valence-corrected chi connectivity index (χ4v) is 2.67. The van der Waals surface area contributed by atoms with E-state index in [1.165, 1.54) is 32.1 Å². The van der Waals surface area contributed by atoms with Gasteiger partial charge in [-0.05, 0) is 25.7 Å². The van der Waals surface area contributed by atoms with E-state index in [9.17, 15) is 9.59 Å². The monoisotopic (exact) mass is 312 g/mol. The minimum Gasteiger partial charge on any atom is -0.466 e. The van der Waals surface area contributed by atoms with E-state index in [4.69, 9.17) is 9.47 Å². The van der Waals surface area contributed by atoms with Crippen molar-refractivity contribution in [2.45, 2.75) is 89.9 Å². The molecule has 0 aromatic rings. The molecule has 0 aromatic carbocycles. The Morgan fingerprint density at radius 2 is 0.773 bits per heavy atom. The summed E-state index contributed by atoms with van der Waals surface area (Å²) in [5, 5.41) is 0. The number of esters is 2. The highest BCUT2D eigenvalue weighted by Crippen LogP contribution is 2.11. The van der Waals surface area contributed by atoms with Crippen LogP contribution < -0.4 is 0 Å². The van der Waals surface area contributed by atoms with Gasteiger partial charge in [-0.25, -0.2) is 0 Å². The molecule has 4 nitrogen and oxygen atoms in total. The Labute approximate surface area is 134 Å². The number of ether oxygens (including phenoxy) is 2. The number of hydrogen-bond acceptors (Lipinski definition) is 4. The second-order valence-electron chi connectivity index (χ2n) is 6.18. The van der Waals surface area contributed by atoms with E-state index in [-0.39, 0.29) is 11.9 Å². The average Bonchev–Trinajstić information content (AvgIpc) is 2.50. The van der Waals surface area contributed by atoms with Crippen LogP contribution in [0.5, 0.6) is 0 Å². The standard InChI is InChI=1S/C18H32O4/c19-17-13-9-8-10-14-18(20)22-16-12-7-5-3-1-2-4-6-11-15-21-17/h1-16H2. The van der Waals surface area contributed by atoms with Crippen molar-refractivity contribution in [1.82, 2.24) is 0 Å². The molecule has 4 heteroatoms. The predicted octanol–water partition coefficient (Wildman–Crippen LogP) is 4.55. The highest BCUT2D eigenvalue weighted by Gasteiger charge is 2.05. The maximum absolute atomic E-state index is 11.5. The number of rotatable bonds is 0. The first kappa shape index (κ1) is 19.0. The van der Waals surface area contributed by atoms with Crippen LogP contribution in [0.1, 0.15) is 89.9 Å². The zero-order chi connectivity index (χ0) is 15.9. The Hall–Kier alpha value is -1.06. The molecule has 1 fully saturated rings. The second kappa shape index (κ2) is 13.6. The van der Waals surface area contributed by atoms with Crippen LogP contribution in [-0.4, -0.2) is 25.2 Å². The molecule has 22 heavy (non-hydrogen) atoms. The maximum Gasteiger partial charge on any atom is 0.305 e. The van der Waals surface area contributed by atoms with Crippen molar-refractivity contribution in [3.05, 3.63) is 0 Å². The van der Waals surface area contributed by atoms with Crippen LogP contribution in [0.15, 0.2) is 0 Å². The highest BCUT2D eigenvalue weighted by molar-refractivity contribution is 5.69. The van der Waals surface area contributed by atoms with Gasteiger partial charge in [0, 0.05) is 12.8 Å². The lowest BCUT2D eigenvalue weighted by molar-refractivity contribution is -0.144. The van der Waals surface area contributed by atoms with Gasteiger partial charge in [0.05, 0.1) is 13.2 Å². The molecule has 0 atom stereocenters. The normalized spacial score (nSPS) is 22.4. The molecule has 1 aliphatic heterocycles. The summed E-state index contributed by atoms with van der Waals surface area (Å²) in [5.74, 6) is -0.200. The first-order valence-electron chi connectivity index (χ1n) is 9.10. The van der Waals surface area contributed by atoms with Crippen molar-refractivity contribution >= 4 is 11.9 Å². The van der Waals surface area contributed by atoms with Crippen molar-refractivity contribution in [1.29, 1.82) is 0 Å². The van der Waals surface area contributed by atoms with Gasteiger partial charge in [-0.3, -0.25) is 9.59 Å². The fourth-order valence-electron chi connectivity index (χ4n) is 2.67. The summed E-state index contributed by atoms with van der Waals surface area (Å²) < 4.78 is 10.4. The van der Waals surface area contributed by atoms with E-state index in [0.717, 1.165) is 44.9 Å². The molecule has 1 aliphatic rings. The average molecular weight is 312 g/mol. The Morgan fingerprint density at radius 1 is 0.455 bits per heavy atom. The third-order valence-corrected chi connectivity index (χ3v) is 4.08. The minimum absolute atomic E-state index is 0.100. The van der Waals surface area contributed by atoms with Crippen LogP contribution in [0.2, 0.25) is 0 Å². The molecule has 0 saturated carbocycles. The molecular formula is C18H32O4. The molecule has 0 aromatic heterocycles. The SMILES string of the molecule is O=C1CCCCCC(=O)OCCCCCCCCCCCO1. The maximum atomic E-state index is 11.5. The zero-order valence-electron chi connectivity index (χ0n) is 13.9. The van der Waals surface area contributed by atoms with Crippen molar-refractivity contribution in [2.24, 2.45) is 0 Å². The van der Waals surface area contributed by atoms with Gasteiger partial charge in [0.25, 0.3) is 0 Å². The summed E-state index contributed by atoms with van der Waals surface area (Å²) in [6.45, 7) is 1.12. The topological polar surface area (TPSA) is 52.6 Å². The highest BCUT2D eigenvalue weighted by atomic mass is 16.5. The van der Waals surface area contributed by atoms with Crippen molar-refractivity contribution in [2.75, 3.05) is 13.2 Å². The summed E-state index contributed by atoms with van der Waals surface area (Å²) >= 11 is 0. The predicted molar refractivity (Wildman–Crippen MR) is 86.6 cm³/mol. The third kappa shape index (κ3) is 11.6. The smallest absolute Gasteiger partial charge is 0.305 e. The molecular weight excluding hydrogens is 280 g/mol. The van der Waals surface area contributed by atoms with Crippen LogP contribution >= 0.6 is 0 Å². The molecule has 0 spiro atoms. The molecule has 0 bridgehead atoms. The van der Waals surface area contributed by atoms with Crippen molar-refractivity contribution < 1.29 is 19.1 Å². The Balaban J connectivity index is 2.18. The van der Waals surface area contributed by atoms with E-state index < -0.39 is 0 Å². The first-order chi connectivity index (χ1) is 10.8. The lowest BCUT2D eigenvalue weighted by Crippen LogP contribution is -2.07. The van der Waals surface area contributed by atoms with Gasteiger partial charge in [0.2, 0.25) is 0 Å². The zero-order valence-corrected chi connectivity index (χ0v) is 13.9. The summed E-state index contributed by atoms with van der Waals surface area (Å²) in [6.07, 6.45) is 14.0. The molecule has 0 aliphatic carbocycles. The number of carbonyl (C=O) groups excluding carboxylic acids is 2. The third-order valence-electron chi connectivity index (χ3n) is 4.08. The molecule has 0 radical (unpaired) electrons. The van der Waals surface area contributed by atoms with Gasteiger partial charge in [0.15, 0.2) is 0 Å². The summed E-state index contributed by atoms with van der Waals surface area (Å²) in [4.78, 5) is 23.0. The van der Waals surface area contributed by atoms with E-state index in [1.54, 1.807) is 0 Å². The molecule has 0 unspecified atom stereocenters. The quantitative estimate of drug-likeness (QED) is 0.616.